The Morgan fingerprint density at radius 3 is 3.05 bits per heavy atom. The predicted molar refractivity (Wildman–Crippen MR) is 75.6 cm³/mol. The number of fused-ring (bicyclic) bond motifs is 1. The monoisotopic (exact) mass is 277 g/mol. The van der Waals surface area contributed by atoms with Gasteiger partial charge in [-0.05, 0) is 25.1 Å². The third kappa shape index (κ3) is 3.48. The molecule has 0 bridgehead atoms. The van der Waals surface area contributed by atoms with Crippen molar-refractivity contribution in [3.63, 3.8) is 0 Å². The zero-order chi connectivity index (χ0) is 14.5. The molecular formula is C14H19N3O3. The summed E-state index contributed by atoms with van der Waals surface area (Å²) in [6.45, 7) is 2.41. The van der Waals surface area contributed by atoms with Crippen LogP contribution in [0.5, 0.6) is 5.75 Å². The fourth-order valence-corrected chi connectivity index (χ4v) is 1.93. The molecule has 2 N–H and O–H groups in total. The van der Waals surface area contributed by atoms with Gasteiger partial charge in [0.05, 0.1) is 31.5 Å². The third-order valence-electron chi connectivity index (χ3n) is 2.99. The van der Waals surface area contributed by atoms with Crippen molar-refractivity contribution in [1.29, 1.82) is 0 Å². The molecule has 1 unspecified atom stereocenters. The molecule has 1 heterocycles. The topological polar surface area (TPSA) is 76.4 Å². The van der Waals surface area contributed by atoms with Crippen molar-refractivity contribution in [2.24, 2.45) is 0 Å². The molecule has 1 aromatic carbocycles. The van der Waals surface area contributed by atoms with Gasteiger partial charge in [0.2, 0.25) is 5.91 Å². The highest BCUT2D eigenvalue weighted by Gasteiger charge is 2.07. The molecule has 2 rings (SSSR count). The standard InChI is InChI=1S/C14H19N3O3/c1-10(18)8-15-14(19)5-6-17-13-4-3-12(20-2)7-11(13)9-16-17/h3-4,7,9-10,18H,5-6,8H2,1-2H3,(H,15,19). The van der Waals surface area contributed by atoms with Gasteiger partial charge in [-0.25, -0.2) is 0 Å². The number of nitrogens with zero attached hydrogens (tertiary/aromatic N) is 2. The number of carbonyl (C=O) groups is 1. The van der Waals surface area contributed by atoms with Crippen LogP contribution < -0.4 is 10.1 Å². The summed E-state index contributed by atoms with van der Waals surface area (Å²) in [5.41, 5.74) is 0.967. The van der Waals surface area contributed by atoms with Crippen LogP contribution >= 0.6 is 0 Å². The number of carbonyl (C=O) groups excluding carboxylic acids is 1. The number of rotatable bonds is 6. The van der Waals surface area contributed by atoms with Gasteiger partial charge in [-0.15, -0.1) is 0 Å². The molecule has 20 heavy (non-hydrogen) atoms. The van der Waals surface area contributed by atoms with Crippen molar-refractivity contribution in [3.05, 3.63) is 24.4 Å². The van der Waals surface area contributed by atoms with Crippen molar-refractivity contribution in [2.45, 2.75) is 26.0 Å². The molecule has 0 spiro atoms. The second-order valence-corrected chi connectivity index (χ2v) is 4.70. The Bertz CT molecular complexity index is 592. The maximum atomic E-state index is 11.6. The molecule has 1 atom stereocenters. The number of aryl methyl sites for hydroxylation is 1. The minimum absolute atomic E-state index is 0.0944. The summed E-state index contributed by atoms with van der Waals surface area (Å²) in [5.74, 6) is 0.690. The predicted octanol–water partition coefficient (Wildman–Crippen LogP) is 0.932. The number of hydrogen-bond acceptors (Lipinski definition) is 4. The van der Waals surface area contributed by atoms with Crippen molar-refractivity contribution in [2.75, 3.05) is 13.7 Å². The minimum atomic E-state index is -0.531. The van der Waals surface area contributed by atoms with E-state index in [4.69, 9.17) is 9.84 Å². The summed E-state index contributed by atoms with van der Waals surface area (Å²) >= 11 is 0. The van der Waals surface area contributed by atoms with Crippen LogP contribution in [0.4, 0.5) is 0 Å². The Hall–Kier alpha value is -2.08. The Balaban J connectivity index is 1.98. The third-order valence-corrected chi connectivity index (χ3v) is 2.99. The molecule has 0 aliphatic heterocycles. The molecule has 1 amide bonds. The molecular weight excluding hydrogens is 258 g/mol. The lowest BCUT2D eigenvalue weighted by atomic mass is 10.2. The van der Waals surface area contributed by atoms with E-state index in [-0.39, 0.29) is 12.5 Å². The summed E-state index contributed by atoms with van der Waals surface area (Å²) < 4.78 is 6.95. The van der Waals surface area contributed by atoms with Crippen molar-refractivity contribution in [1.82, 2.24) is 15.1 Å². The van der Waals surface area contributed by atoms with E-state index < -0.39 is 6.10 Å². The Morgan fingerprint density at radius 2 is 2.35 bits per heavy atom. The molecule has 0 saturated heterocycles. The molecule has 6 heteroatoms. The number of hydrogen-bond donors (Lipinski definition) is 2. The van der Waals surface area contributed by atoms with Gasteiger partial charge >= 0.3 is 0 Å². The Kier molecular flexibility index (Phi) is 4.57. The number of aromatic nitrogens is 2. The van der Waals surface area contributed by atoms with Crippen LogP contribution in [0.25, 0.3) is 10.9 Å². The lowest BCUT2D eigenvalue weighted by Gasteiger charge is -2.07. The lowest BCUT2D eigenvalue weighted by molar-refractivity contribution is -0.121. The van der Waals surface area contributed by atoms with E-state index in [0.29, 0.717) is 13.0 Å². The second-order valence-electron chi connectivity index (χ2n) is 4.70. The number of methoxy groups -OCH3 is 1. The first-order chi connectivity index (χ1) is 9.60. The van der Waals surface area contributed by atoms with Gasteiger partial charge in [-0.2, -0.15) is 5.10 Å². The van der Waals surface area contributed by atoms with Gasteiger partial charge in [0.15, 0.2) is 0 Å². The average molecular weight is 277 g/mol. The molecule has 0 aliphatic rings. The van der Waals surface area contributed by atoms with Crippen LogP contribution in [0, 0.1) is 0 Å². The second kappa shape index (κ2) is 6.38. The summed E-state index contributed by atoms with van der Waals surface area (Å²) in [5, 5.41) is 17.0. The molecule has 0 aliphatic carbocycles. The van der Waals surface area contributed by atoms with E-state index in [1.165, 1.54) is 0 Å². The molecule has 0 radical (unpaired) electrons. The van der Waals surface area contributed by atoms with Gasteiger partial charge in [0.25, 0.3) is 0 Å². The number of nitrogens with one attached hydrogen (secondary N) is 1. The summed E-state index contributed by atoms with van der Waals surface area (Å²) in [6.07, 6.45) is 1.55. The highest BCUT2D eigenvalue weighted by atomic mass is 16.5. The van der Waals surface area contributed by atoms with Gasteiger partial charge in [-0.3, -0.25) is 9.48 Å². The summed E-state index contributed by atoms with van der Waals surface area (Å²) in [7, 11) is 1.62. The Morgan fingerprint density at radius 1 is 1.55 bits per heavy atom. The van der Waals surface area contributed by atoms with E-state index >= 15 is 0 Å². The van der Waals surface area contributed by atoms with Crippen molar-refractivity contribution in [3.8, 4) is 5.75 Å². The smallest absolute Gasteiger partial charge is 0.221 e. The van der Waals surface area contributed by atoms with Crippen molar-refractivity contribution < 1.29 is 14.6 Å². The van der Waals surface area contributed by atoms with Crippen LogP contribution in [-0.2, 0) is 11.3 Å². The van der Waals surface area contributed by atoms with E-state index in [1.54, 1.807) is 24.9 Å². The van der Waals surface area contributed by atoms with Crippen LogP contribution in [-0.4, -0.2) is 40.6 Å². The van der Waals surface area contributed by atoms with Gasteiger partial charge in [-0.1, -0.05) is 0 Å². The maximum Gasteiger partial charge on any atom is 0.221 e. The highest BCUT2D eigenvalue weighted by molar-refractivity contribution is 5.80. The van der Waals surface area contributed by atoms with Crippen LogP contribution in [0.3, 0.4) is 0 Å². The first-order valence-electron chi connectivity index (χ1n) is 6.54. The molecule has 108 valence electrons. The van der Waals surface area contributed by atoms with Gasteiger partial charge in [0, 0.05) is 18.4 Å². The number of aliphatic hydroxyl groups is 1. The SMILES string of the molecule is COc1ccc2c(cnn2CCC(=O)NCC(C)O)c1. The van der Waals surface area contributed by atoms with Crippen LogP contribution in [0.15, 0.2) is 24.4 Å². The van der Waals surface area contributed by atoms with Gasteiger partial charge in [0.1, 0.15) is 5.75 Å². The van der Waals surface area contributed by atoms with E-state index in [9.17, 15) is 4.79 Å². The normalized spacial score (nSPS) is 12.3. The summed E-state index contributed by atoms with van der Waals surface area (Å²) in [6, 6.07) is 5.70. The Labute approximate surface area is 117 Å². The number of amides is 1. The minimum Gasteiger partial charge on any atom is -0.497 e. The van der Waals surface area contributed by atoms with E-state index in [1.807, 2.05) is 18.2 Å². The first kappa shape index (κ1) is 14.3. The maximum absolute atomic E-state index is 11.6. The van der Waals surface area contributed by atoms with Crippen LogP contribution in [0.2, 0.25) is 0 Å². The first-order valence-corrected chi connectivity index (χ1v) is 6.54. The molecule has 0 fully saturated rings. The molecule has 2 aromatic rings. The highest BCUT2D eigenvalue weighted by Crippen LogP contribution is 2.20. The molecule has 0 saturated carbocycles. The fourth-order valence-electron chi connectivity index (χ4n) is 1.93. The lowest BCUT2D eigenvalue weighted by Crippen LogP contribution is -2.31. The molecule has 6 nitrogen and oxygen atoms in total. The quantitative estimate of drug-likeness (QED) is 0.823. The van der Waals surface area contributed by atoms with Crippen molar-refractivity contribution >= 4 is 16.8 Å². The fraction of sp³-hybridized carbons (Fsp3) is 0.429. The van der Waals surface area contributed by atoms with Gasteiger partial charge < -0.3 is 15.2 Å². The van der Waals surface area contributed by atoms with E-state index in [0.717, 1.165) is 16.7 Å². The number of benzene rings is 1. The number of ether oxygens (including phenoxy) is 1. The largest absolute Gasteiger partial charge is 0.497 e. The summed E-state index contributed by atoms with van der Waals surface area (Å²) in [4.78, 5) is 11.6. The van der Waals surface area contributed by atoms with Crippen LogP contribution in [0.1, 0.15) is 13.3 Å². The zero-order valence-electron chi connectivity index (χ0n) is 11.7. The zero-order valence-corrected chi connectivity index (χ0v) is 11.7. The molecule has 1 aromatic heterocycles. The number of aliphatic hydroxyl groups excluding tert-OH is 1. The van der Waals surface area contributed by atoms with E-state index in [2.05, 4.69) is 10.4 Å². The average Bonchev–Trinajstić information content (AvgIpc) is 2.84.